The first-order chi connectivity index (χ1) is 49.8. The van der Waals surface area contributed by atoms with E-state index < -0.39 is 24.2 Å². The molecule has 8 aliphatic carbocycles. The topological polar surface area (TPSA) is 302 Å². The predicted octanol–water partition coefficient (Wildman–Crippen LogP) is 18.8. The molecule has 0 unspecified atom stereocenters. The molecule has 109 heavy (non-hydrogen) atoms. The van der Waals surface area contributed by atoms with Gasteiger partial charge in [0.05, 0.1) is 42.3 Å². The maximum absolute atomic E-state index is 12.4. The highest BCUT2D eigenvalue weighted by molar-refractivity contribution is 9.10. The Morgan fingerprint density at radius 1 is 0.358 bits per heavy atom. The molecule has 0 saturated heterocycles. The van der Waals surface area contributed by atoms with E-state index in [9.17, 15) is 33.6 Å². The first kappa shape index (κ1) is 96.6. The second-order valence-electron chi connectivity index (χ2n) is 40.9. The molecule has 8 aliphatic rings. The summed E-state index contributed by atoms with van der Waals surface area (Å²) >= 11 is 6.83. The van der Waals surface area contributed by atoms with Gasteiger partial charge in [0, 0.05) is 46.9 Å². The van der Waals surface area contributed by atoms with Gasteiger partial charge < -0.3 is 40.1 Å². The summed E-state index contributed by atoms with van der Waals surface area (Å²) in [5, 5.41) is 0. The third-order valence-electron chi connectivity index (χ3n) is 22.6. The molecule has 8 fully saturated rings. The van der Waals surface area contributed by atoms with Gasteiger partial charge in [0.1, 0.15) is 0 Å². The van der Waals surface area contributed by atoms with E-state index in [1.807, 2.05) is 249 Å². The molecule has 0 aromatic heterocycles. The van der Waals surface area contributed by atoms with E-state index in [-0.39, 0.29) is 96.5 Å². The largest absolute Gasteiger partial charge is 0.321 e. The Hall–Kier alpha value is -4.75. The second kappa shape index (κ2) is 40.5. The summed E-state index contributed by atoms with van der Waals surface area (Å²) in [7, 11) is 0. The molecule has 0 aliphatic heterocycles. The summed E-state index contributed by atoms with van der Waals surface area (Å²) in [4.78, 5) is 83.7. The molecule has 14 nitrogen and oxygen atoms in total. The maximum atomic E-state index is 12.4. The second-order valence-corrected chi connectivity index (χ2v) is 42.7. The fourth-order valence-corrected chi connectivity index (χ4v) is 18.0. The van der Waals surface area contributed by atoms with Gasteiger partial charge in [0.15, 0.2) is 40.5 Å². The van der Waals surface area contributed by atoms with Crippen molar-refractivity contribution in [2.24, 2.45) is 118 Å². The molecule has 8 saturated carbocycles. The minimum Gasteiger partial charge on any atom is -0.321 e. The molecule has 0 spiro atoms. The van der Waals surface area contributed by atoms with Crippen LogP contribution < -0.4 is 40.1 Å². The molecular formula is C93H147Br2N7O7. The first-order valence-electron chi connectivity index (χ1n) is 40.5. The number of rotatable bonds is 20. The van der Waals surface area contributed by atoms with Crippen LogP contribution in [0.25, 0.3) is 0 Å². The fraction of sp³-hybridized carbons (Fsp3) is 0.667. The summed E-state index contributed by atoms with van der Waals surface area (Å²) < 4.78 is 2.06. The molecule has 0 amide bonds. The number of carbonyl (C=O) groups excluding carboxylic acids is 7. The highest BCUT2D eigenvalue weighted by Gasteiger charge is 2.57. The van der Waals surface area contributed by atoms with Crippen molar-refractivity contribution in [3.63, 3.8) is 0 Å². The number of carbonyl (C=O) groups is 7. The summed E-state index contributed by atoms with van der Waals surface area (Å²) in [6, 6.07) is 30.9. The van der Waals surface area contributed by atoms with Gasteiger partial charge in [0.25, 0.3) is 0 Å². The average molecular weight is 1640 g/mol. The van der Waals surface area contributed by atoms with Crippen molar-refractivity contribution < 1.29 is 33.6 Å². The predicted molar refractivity (Wildman–Crippen MR) is 459 cm³/mol. The van der Waals surface area contributed by atoms with Crippen LogP contribution in [0.5, 0.6) is 0 Å². The molecule has 7 atom stereocenters. The zero-order valence-electron chi connectivity index (χ0n) is 71.3. The summed E-state index contributed by atoms with van der Waals surface area (Å²) in [6.45, 7) is 42.5. The van der Waals surface area contributed by atoms with Crippen LogP contribution in [0, 0.1) is 85.2 Å². The molecule has 12 rings (SSSR count). The molecule has 610 valence electrons. The molecule has 6 bridgehead atoms. The van der Waals surface area contributed by atoms with Crippen molar-refractivity contribution in [3.05, 3.63) is 140 Å². The number of ketones is 7. The molecule has 4 aromatic carbocycles. The SMILES string of the molecule is CC(C)(C)C(=O)[C@@H](N)CC12CC(C1)C2.CC(C)(C)C(=O)[C@@H](N)CC12CC3CC(CC(C3)C1)C2.CC(C)(C)C(=O)[C@@H](N)CC1CCCC1.CC(C)(C)C(=O)[C@@H](N)Cc1ccc(Br)cc1.CC(C)(C)C(=O)[C@@H](N)Cc1ccccc1.CC(C)(C)C(=O)[C@@H](N)c1ccccc1.Cc1cc(Br)cc(C[C@H](N)C(=O)C(C)(C)C)c1. The van der Waals surface area contributed by atoms with Crippen LogP contribution in [0.4, 0.5) is 0 Å². The monoisotopic (exact) mass is 1630 g/mol. The minimum absolute atomic E-state index is 0.0729. The number of hydrogen-bond donors (Lipinski definition) is 7. The van der Waals surface area contributed by atoms with Gasteiger partial charge in [-0.1, -0.05) is 282 Å². The minimum atomic E-state index is -0.504. The normalized spacial score (nSPS) is 22.6. The smallest absolute Gasteiger partial charge is 0.159 e. The van der Waals surface area contributed by atoms with Crippen LogP contribution >= 0.6 is 31.9 Å². The van der Waals surface area contributed by atoms with Crippen LogP contribution in [0.3, 0.4) is 0 Å². The number of halogens is 2. The lowest BCUT2D eigenvalue weighted by atomic mass is 9.42. The van der Waals surface area contributed by atoms with Gasteiger partial charge in [0.2, 0.25) is 0 Å². The van der Waals surface area contributed by atoms with E-state index in [0.717, 1.165) is 74.1 Å². The van der Waals surface area contributed by atoms with Gasteiger partial charge in [-0.3, -0.25) is 33.6 Å². The van der Waals surface area contributed by atoms with Gasteiger partial charge >= 0.3 is 0 Å². The molecule has 16 heteroatoms. The first-order valence-corrected chi connectivity index (χ1v) is 42.1. The average Bonchev–Trinajstić information content (AvgIpc) is 0.900. The van der Waals surface area contributed by atoms with Gasteiger partial charge in [-0.15, -0.1) is 0 Å². The van der Waals surface area contributed by atoms with Crippen molar-refractivity contribution in [2.45, 2.75) is 317 Å². The number of Topliss-reactive ketones (excluding diaryl/α,β-unsaturated/α-hetero) is 7. The van der Waals surface area contributed by atoms with Gasteiger partial charge in [-0.25, -0.2) is 0 Å². The number of nitrogens with two attached hydrogens (primary N) is 7. The molecule has 0 radical (unpaired) electrons. The number of aryl methyl sites for hydroxylation is 1. The molecular weight excluding hydrogens is 1490 g/mol. The van der Waals surface area contributed by atoms with E-state index in [1.54, 1.807) is 0 Å². The highest BCUT2D eigenvalue weighted by atomic mass is 79.9. The fourth-order valence-electron chi connectivity index (χ4n) is 17.1. The Morgan fingerprint density at radius 2 is 0.661 bits per heavy atom. The Bertz CT molecular complexity index is 3500. The Kier molecular flexibility index (Phi) is 35.9. The zero-order chi connectivity index (χ0) is 83.0. The van der Waals surface area contributed by atoms with Crippen molar-refractivity contribution in [3.8, 4) is 0 Å². The van der Waals surface area contributed by atoms with Gasteiger partial charge in [-0.05, 0) is 196 Å². The van der Waals surface area contributed by atoms with Crippen LogP contribution in [-0.2, 0) is 52.8 Å². The number of benzene rings is 4. The van der Waals surface area contributed by atoms with E-state index in [1.165, 1.54) is 89.0 Å². The lowest BCUT2D eigenvalue weighted by molar-refractivity contribution is -0.138. The quantitative estimate of drug-likeness (QED) is 0.0433. The van der Waals surface area contributed by atoms with Crippen molar-refractivity contribution in [1.29, 1.82) is 0 Å². The lowest BCUT2D eigenvalue weighted by Gasteiger charge is -2.63. The standard InChI is InChI=1S/C17H29NO.C14H20BrNO.C13H18BrNO.C13H19NO.C12H21NO.C12H23NO.C12H17NO/c1-16(2,3)15(19)14(18)10-17-7-11-4-12(8-17)6-13(5-11)9-17;1-9-5-10(7-11(15)6-9)8-12(16)13(17)14(2,3)4;1-13(2,3)12(16)11(15)8-9-4-6-10(14)7-5-9;1-13(2,3)12(15)11(14)9-10-7-5-4-6-8-10;1-11(2,3)10(14)9(13)7-12-4-8(5-12)6-12;1-12(2,3)11(14)10(13)8-9-6-4-5-7-9;1-12(2,3)11(14)10(13)9-7-5-4-6-8-9/h11-14H,4-10,18H2,1-3H3;5-7,12H,8,16H2,1-4H3;4-7,11H,8,15H2,1-3H3;4-8,11H,9,14H2,1-3H3;8-9H,4-7,13H2,1-3H3;9-10H,4-8,13H2,1-3H3;4-8,10H,13H2,1-3H3/t11?,12?,13?,14-,17?;12-;2*11-;8?,9-,12?;2*10-/m0000000/s1. The zero-order valence-corrected chi connectivity index (χ0v) is 74.5. The Labute approximate surface area is 676 Å². The van der Waals surface area contributed by atoms with E-state index >= 15 is 0 Å². The molecule has 4 aromatic rings. The number of hydrogen-bond acceptors (Lipinski definition) is 14. The highest BCUT2D eigenvalue weighted by Crippen LogP contribution is 2.67. The van der Waals surface area contributed by atoms with E-state index in [4.69, 9.17) is 40.1 Å². The Balaban J connectivity index is 0.000000269. The van der Waals surface area contributed by atoms with Crippen LogP contribution in [0.1, 0.15) is 282 Å². The van der Waals surface area contributed by atoms with Crippen molar-refractivity contribution >= 4 is 72.3 Å². The van der Waals surface area contributed by atoms with Crippen molar-refractivity contribution in [1.82, 2.24) is 0 Å². The summed E-state index contributed by atoms with van der Waals surface area (Å²) in [5.41, 5.74) is 45.8. The van der Waals surface area contributed by atoms with Crippen LogP contribution in [0.15, 0.2) is 112 Å². The molecule has 0 heterocycles. The third-order valence-corrected chi connectivity index (χ3v) is 23.5. The van der Waals surface area contributed by atoms with Crippen LogP contribution in [-0.4, -0.2) is 76.7 Å². The third kappa shape index (κ3) is 31.9. The van der Waals surface area contributed by atoms with Crippen LogP contribution in [0.2, 0.25) is 0 Å². The summed E-state index contributed by atoms with van der Waals surface area (Å²) in [5.74, 6) is 5.62. The summed E-state index contributed by atoms with van der Waals surface area (Å²) in [6.07, 6.45) is 22.2. The van der Waals surface area contributed by atoms with E-state index in [0.29, 0.717) is 36.0 Å². The maximum Gasteiger partial charge on any atom is 0.159 e. The molecule has 14 N–H and O–H groups in total. The van der Waals surface area contributed by atoms with Gasteiger partial charge in [-0.2, -0.15) is 0 Å². The van der Waals surface area contributed by atoms with Crippen molar-refractivity contribution in [2.75, 3.05) is 0 Å². The Morgan fingerprint density at radius 3 is 0.982 bits per heavy atom. The lowest BCUT2D eigenvalue weighted by Crippen LogP contribution is -2.56. The van der Waals surface area contributed by atoms with E-state index in [2.05, 4.69) is 37.9 Å².